The first-order valence-electron chi connectivity index (χ1n) is 29.3. The molecule has 0 fully saturated rings. The lowest BCUT2D eigenvalue weighted by Gasteiger charge is -2.35. The Morgan fingerprint density at radius 2 is 0.477 bits per heavy atom. The molecule has 4 heteroatoms. The van der Waals surface area contributed by atoms with Gasteiger partial charge in [0.2, 0.25) is 0 Å². The summed E-state index contributed by atoms with van der Waals surface area (Å²) in [6.07, 6.45) is 0. The van der Waals surface area contributed by atoms with Crippen molar-refractivity contribution in [3.8, 4) is 89.0 Å². The lowest BCUT2D eigenvalue weighted by molar-refractivity contribution is 0.590. The van der Waals surface area contributed by atoms with Gasteiger partial charge in [0.1, 0.15) is 0 Å². The Bertz CT molecular complexity index is 4050. The Balaban J connectivity index is 1.12. The monoisotopic (exact) mass is 1140 g/mol. The average molecular weight is 1150 g/mol. The maximum Gasteiger partial charge on any atom is 0.0618 e. The molecule has 13 rings (SSSR count). The van der Waals surface area contributed by atoms with Crippen LogP contribution >= 0.6 is 23.2 Å². The molecule has 0 saturated carbocycles. The number of para-hydroxylation sites is 2. The third kappa shape index (κ3) is 11.7. The Morgan fingerprint density at radius 1 is 0.221 bits per heavy atom. The van der Waals surface area contributed by atoms with Gasteiger partial charge < -0.3 is 9.80 Å². The molecule has 414 valence electrons. The van der Waals surface area contributed by atoms with Crippen LogP contribution in [0.2, 0.25) is 10.0 Å². The van der Waals surface area contributed by atoms with Crippen molar-refractivity contribution >= 4 is 57.3 Å². The van der Waals surface area contributed by atoms with Crippen LogP contribution in [-0.4, -0.2) is 0 Å². The van der Waals surface area contributed by atoms with E-state index in [1.165, 1.54) is 0 Å². The second-order valence-electron chi connectivity index (χ2n) is 22.8. The van der Waals surface area contributed by atoms with Gasteiger partial charge in [0.15, 0.2) is 0 Å². The van der Waals surface area contributed by atoms with Gasteiger partial charge in [0, 0.05) is 55.0 Å². The minimum atomic E-state index is -0.336. The fourth-order valence-electron chi connectivity index (χ4n) is 11.8. The number of anilines is 6. The van der Waals surface area contributed by atoms with Gasteiger partial charge in [-0.1, -0.05) is 287 Å². The average Bonchev–Trinajstić information content (AvgIpc) is 1.42. The Kier molecular flexibility index (Phi) is 15.6. The highest BCUT2D eigenvalue weighted by molar-refractivity contribution is 6.31. The molecule has 0 aromatic heterocycles. The standard InChI is InChI=1S/C82H62Cl2N2/c1-82(2,3)69-52-74(85(72-42-20-40-70(83)54-72)80-76(65-36-16-32-61(48-65)57-24-8-4-9-25-57)44-22-45-77(80)66-37-17-33-62(49-66)58-26-10-5-11-27-58)56-75(53-69)86(73-43-21-41-71(84)55-73)81-78(67-38-18-34-63(50-67)59-28-12-6-13-29-59)46-23-47-79(81)68-39-19-35-64(51-68)60-30-14-7-15-31-60/h4-56H,1-3H3. The molecule has 0 spiro atoms. The first-order valence-corrected chi connectivity index (χ1v) is 30.0. The largest absolute Gasteiger partial charge is 0.309 e. The highest BCUT2D eigenvalue weighted by Crippen LogP contribution is 2.53. The van der Waals surface area contributed by atoms with Crippen LogP contribution in [0.3, 0.4) is 0 Å². The van der Waals surface area contributed by atoms with Crippen LogP contribution in [0.1, 0.15) is 26.3 Å². The number of hydrogen-bond donors (Lipinski definition) is 0. The van der Waals surface area contributed by atoms with E-state index in [1.807, 2.05) is 12.1 Å². The zero-order valence-electron chi connectivity index (χ0n) is 48.2. The molecule has 0 bridgehead atoms. The number of nitrogens with zero attached hydrogens (tertiary/aromatic N) is 2. The summed E-state index contributed by atoms with van der Waals surface area (Å²) in [5, 5.41) is 1.26. The quantitative estimate of drug-likeness (QED) is 0.107. The van der Waals surface area contributed by atoms with E-state index in [9.17, 15) is 0 Å². The van der Waals surface area contributed by atoms with Gasteiger partial charge in [-0.15, -0.1) is 0 Å². The van der Waals surface area contributed by atoms with Crippen molar-refractivity contribution in [2.24, 2.45) is 0 Å². The Morgan fingerprint density at radius 3 is 0.756 bits per heavy atom. The number of benzene rings is 13. The fourth-order valence-corrected chi connectivity index (χ4v) is 12.2. The summed E-state index contributed by atoms with van der Waals surface area (Å²) in [6.45, 7) is 6.91. The molecule has 0 heterocycles. The predicted molar refractivity (Wildman–Crippen MR) is 368 cm³/mol. The van der Waals surface area contributed by atoms with Gasteiger partial charge in [0.25, 0.3) is 0 Å². The summed E-state index contributed by atoms with van der Waals surface area (Å²) < 4.78 is 0. The number of rotatable bonds is 14. The van der Waals surface area contributed by atoms with Crippen molar-refractivity contribution in [2.75, 3.05) is 9.80 Å². The molecule has 2 nitrogen and oxygen atoms in total. The van der Waals surface area contributed by atoms with Gasteiger partial charge in [0.05, 0.1) is 11.4 Å². The van der Waals surface area contributed by atoms with Crippen molar-refractivity contribution in [3.05, 3.63) is 337 Å². The maximum absolute atomic E-state index is 7.22. The van der Waals surface area contributed by atoms with E-state index in [0.717, 1.165) is 129 Å². The lowest BCUT2D eigenvalue weighted by Crippen LogP contribution is -2.19. The summed E-state index contributed by atoms with van der Waals surface area (Å²) in [5.41, 5.74) is 24.2. The van der Waals surface area contributed by atoms with Crippen LogP contribution in [-0.2, 0) is 5.41 Å². The van der Waals surface area contributed by atoms with Crippen molar-refractivity contribution in [1.82, 2.24) is 0 Å². The van der Waals surface area contributed by atoms with E-state index < -0.39 is 0 Å². The van der Waals surface area contributed by atoms with E-state index in [4.69, 9.17) is 23.2 Å². The molecular formula is C82H62Cl2N2. The molecule has 0 amide bonds. The number of hydrogen-bond acceptors (Lipinski definition) is 2. The molecule has 0 atom stereocenters. The highest BCUT2D eigenvalue weighted by Gasteiger charge is 2.29. The maximum atomic E-state index is 7.22. The second-order valence-corrected chi connectivity index (χ2v) is 23.7. The number of halogens is 2. The first kappa shape index (κ1) is 55.2. The van der Waals surface area contributed by atoms with E-state index in [2.05, 4.69) is 340 Å². The topological polar surface area (TPSA) is 6.48 Å². The molecule has 13 aromatic rings. The van der Waals surface area contributed by atoms with Crippen LogP contribution < -0.4 is 9.80 Å². The molecule has 0 radical (unpaired) electrons. The SMILES string of the molecule is CC(C)(C)c1cc(N(c2cccc(Cl)c2)c2c(-c3cccc(-c4ccccc4)c3)cccc2-c2cccc(-c3ccccc3)c2)cc(N(c2cccc(Cl)c2)c2c(-c3cccc(-c4ccccc4)c3)cccc2-c2cccc(-c3ccccc3)c2)c1. The highest BCUT2D eigenvalue weighted by atomic mass is 35.5. The minimum absolute atomic E-state index is 0.336. The smallest absolute Gasteiger partial charge is 0.0618 e. The van der Waals surface area contributed by atoms with Gasteiger partial charge in [-0.05, 0) is 157 Å². The van der Waals surface area contributed by atoms with Gasteiger partial charge >= 0.3 is 0 Å². The summed E-state index contributed by atoms with van der Waals surface area (Å²) in [4.78, 5) is 4.88. The van der Waals surface area contributed by atoms with Crippen LogP contribution in [0.15, 0.2) is 322 Å². The molecule has 0 N–H and O–H groups in total. The summed E-state index contributed by atoms with van der Waals surface area (Å²) in [5.74, 6) is 0. The summed E-state index contributed by atoms with van der Waals surface area (Å²) in [7, 11) is 0. The second kappa shape index (κ2) is 24.3. The van der Waals surface area contributed by atoms with E-state index >= 15 is 0 Å². The third-order valence-electron chi connectivity index (χ3n) is 16.1. The molecule has 0 aliphatic heterocycles. The minimum Gasteiger partial charge on any atom is -0.309 e. The fraction of sp³-hybridized carbons (Fsp3) is 0.0488. The third-order valence-corrected chi connectivity index (χ3v) is 16.5. The van der Waals surface area contributed by atoms with Crippen LogP contribution in [0.25, 0.3) is 89.0 Å². The zero-order chi connectivity index (χ0) is 58.6. The molecule has 86 heavy (non-hydrogen) atoms. The molecular weight excluding hydrogens is 1080 g/mol. The summed E-state index contributed by atoms with van der Waals surface area (Å²) in [6, 6.07) is 115. The van der Waals surface area contributed by atoms with Crippen molar-refractivity contribution in [3.63, 3.8) is 0 Å². The van der Waals surface area contributed by atoms with Crippen LogP contribution in [0.5, 0.6) is 0 Å². The molecule has 0 aliphatic rings. The van der Waals surface area contributed by atoms with Crippen LogP contribution in [0.4, 0.5) is 34.1 Å². The van der Waals surface area contributed by atoms with E-state index in [-0.39, 0.29) is 5.41 Å². The normalized spacial score (nSPS) is 11.3. The van der Waals surface area contributed by atoms with E-state index in [0.29, 0.717) is 10.0 Å². The summed E-state index contributed by atoms with van der Waals surface area (Å²) >= 11 is 14.4. The zero-order valence-corrected chi connectivity index (χ0v) is 49.8. The van der Waals surface area contributed by atoms with Crippen molar-refractivity contribution in [2.45, 2.75) is 26.2 Å². The predicted octanol–water partition coefficient (Wildman–Crippen LogP) is 24.6. The van der Waals surface area contributed by atoms with Crippen molar-refractivity contribution in [1.29, 1.82) is 0 Å². The van der Waals surface area contributed by atoms with Gasteiger partial charge in [-0.3, -0.25) is 0 Å². The Hall–Kier alpha value is -9.96. The molecule has 0 saturated heterocycles. The molecule has 0 aliphatic carbocycles. The van der Waals surface area contributed by atoms with E-state index in [1.54, 1.807) is 0 Å². The molecule has 0 unspecified atom stereocenters. The lowest BCUT2D eigenvalue weighted by atomic mass is 9.85. The Labute approximate surface area is 516 Å². The van der Waals surface area contributed by atoms with Gasteiger partial charge in [-0.25, -0.2) is 0 Å². The van der Waals surface area contributed by atoms with Crippen LogP contribution in [0, 0.1) is 0 Å². The van der Waals surface area contributed by atoms with Crippen molar-refractivity contribution < 1.29 is 0 Å². The van der Waals surface area contributed by atoms with Gasteiger partial charge in [-0.2, -0.15) is 0 Å². The first-order chi connectivity index (χ1) is 42.1. The molecule has 13 aromatic carbocycles.